The van der Waals surface area contributed by atoms with Crippen molar-refractivity contribution in [1.29, 1.82) is 5.26 Å². The molecule has 0 aliphatic heterocycles. The minimum atomic E-state index is 0.334. The van der Waals surface area contributed by atoms with Crippen LogP contribution < -0.4 is 4.74 Å². The van der Waals surface area contributed by atoms with E-state index < -0.39 is 0 Å². The first kappa shape index (κ1) is 9.53. The zero-order chi connectivity index (χ0) is 9.68. The van der Waals surface area contributed by atoms with Crippen LogP contribution in [0.15, 0.2) is 12.3 Å². The smallest absolute Gasteiger partial charge is 0.125 e. The van der Waals surface area contributed by atoms with Crippen LogP contribution in [0.1, 0.15) is 18.2 Å². The van der Waals surface area contributed by atoms with Gasteiger partial charge in [0.05, 0.1) is 25.3 Å². The summed E-state index contributed by atoms with van der Waals surface area (Å²) >= 11 is 0. The molecular formula is C10H12N2O. The quantitative estimate of drug-likeness (QED) is 0.704. The fourth-order valence-electron chi connectivity index (χ4n) is 1.14. The highest BCUT2D eigenvalue weighted by Crippen LogP contribution is 2.18. The van der Waals surface area contributed by atoms with Crippen molar-refractivity contribution in [3.63, 3.8) is 0 Å². The SMILES string of the molecule is CCc1cnc(CC#N)cc1OC. The second kappa shape index (κ2) is 4.46. The van der Waals surface area contributed by atoms with E-state index in [-0.39, 0.29) is 0 Å². The first-order chi connectivity index (χ1) is 6.31. The first-order valence-electron chi connectivity index (χ1n) is 4.20. The lowest BCUT2D eigenvalue weighted by molar-refractivity contribution is 0.409. The minimum Gasteiger partial charge on any atom is -0.496 e. The van der Waals surface area contributed by atoms with Gasteiger partial charge in [0.2, 0.25) is 0 Å². The Bertz CT molecular complexity index is 328. The summed E-state index contributed by atoms with van der Waals surface area (Å²) in [5.74, 6) is 0.822. The van der Waals surface area contributed by atoms with E-state index in [9.17, 15) is 0 Å². The molecule has 1 aromatic heterocycles. The summed E-state index contributed by atoms with van der Waals surface area (Å²) in [5.41, 5.74) is 1.83. The van der Waals surface area contributed by atoms with E-state index in [4.69, 9.17) is 10.00 Å². The second-order valence-electron chi connectivity index (χ2n) is 2.68. The van der Waals surface area contributed by atoms with Gasteiger partial charge in [-0.25, -0.2) is 0 Å². The standard InChI is InChI=1S/C10H12N2O/c1-3-8-7-12-9(4-5-11)6-10(8)13-2/h6-7H,3-4H2,1-2H3. The van der Waals surface area contributed by atoms with Gasteiger partial charge in [-0.05, 0) is 6.42 Å². The molecule has 0 aliphatic rings. The number of pyridine rings is 1. The van der Waals surface area contributed by atoms with Crippen molar-refractivity contribution in [1.82, 2.24) is 4.98 Å². The van der Waals surface area contributed by atoms with Gasteiger partial charge >= 0.3 is 0 Å². The summed E-state index contributed by atoms with van der Waals surface area (Å²) in [4.78, 5) is 4.15. The summed E-state index contributed by atoms with van der Waals surface area (Å²) in [6.45, 7) is 2.05. The highest BCUT2D eigenvalue weighted by Gasteiger charge is 2.02. The number of nitriles is 1. The average Bonchev–Trinajstić information content (AvgIpc) is 2.18. The number of nitrogens with zero attached hydrogens (tertiary/aromatic N) is 2. The molecule has 1 heterocycles. The van der Waals surface area contributed by atoms with E-state index >= 15 is 0 Å². The Morgan fingerprint density at radius 2 is 2.38 bits per heavy atom. The highest BCUT2D eigenvalue weighted by molar-refractivity contribution is 5.33. The molecular weight excluding hydrogens is 164 g/mol. The van der Waals surface area contributed by atoms with Crippen molar-refractivity contribution in [3.05, 3.63) is 23.5 Å². The van der Waals surface area contributed by atoms with Gasteiger partial charge in [-0.3, -0.25) is 4.98 Å². The third-order valence-electron chi connectivity index (χ3n) is 1.86. The highest BCUT2D eigenvalue weighted by atomic mass is 16.5. The second-order valence-corrected chi connectivity index (χ2v) is 2.68. The summed E-state index contributed by atoms with van der Waals surface area (Å²) in [7, 11) is 1.63. The monoisotopic (exact) mass is 176 g/mol. The zero-order valence-electron chi connectivity index (χ0n) is 7.87. The lowest BCUT2D eigenvalue weighted by atomic mass is 10.1. The van der Waals surface area contributed by atoms with E-state index in [1.54, 1.807) is 13.3 Å². The van der Waals surface area contributed by atoms with E-state index in [0.29, 0.717) is 6.42 Å². The number of ether oxygens (including phenoxy) is 1. The number of rotatable bonds is 3. The van der Waals surface area contributed by atoms with E-state index in [0.717, 1.165) is 23.4 Å². The van der Waals surface area contributed by atoms with Gasteiger partial charge in [-0.2, -0.15) is 5.26 Å². The normalized spacial score (nSPS) is 9.31. The van der Waals surface area contributed by atoms with Crippen LogP contribution in [0.2, 0.25) is 0 Å². The molecule has 13 heavy (non-hydrogen) atoms. The van der Waals surface area contributed by atoms with Crippen molar-refractivity contribution in [2.75, 3.05) is 7.11 Å². The van der Waals surface area contributed by atoms with Crippen LogP contribution in [0, 0.1) is 11.3 Å². The van der Waals surface area contributed by atoms with Crippen LogP contribution >= 0.6 is 0 Å². The largest absolute Gasteiger partial charge is 0.496 e. The Balaban J connectivity index is 3.00. The summed E-state index contributed by atoms with van der Waals surface area (Å²) in [6, 6.07) is 3.88. The van der Waals surface area contributed by atoms with Crippen molar-refractivity contribution in [3.8, 4) is 11.8 Å². The fraction of sp³-hybridized carbons (Fsp3) is 0.400. The van der Waals surface area contributed by atoms with Crippen LogP contribution in [0.4, 0.5) is 0 Å². The van der Waals surface area contributed by atoms with Gasteiger partial charge < -0.3 is 4.74 Å². The molecule has 0 amide bonds. The van der Waals surface area contributed by atoms with Crippen molar-refractivity contribution >= 4 is 0 Å². The lowest BCUT2D eigenvalue weighted by Crippen LogP contribution is -1.95. The number of aryl methyl sites for hydroxylation is 1. The molecule has 0 radical (unpaired) electrons. The van der Waals surface area contributed by atoms with E-state index in [1.807, 2.05) is 13.0 Å². The molecule has 0 saturated carbocycles. The minimum absolute atomic E-state index is 0.334. The Kier molecular flexibility index (Phi) is 3.27. The molecule has 0 N–H and O–H groups in total. The number of hydrogen-bond acceptors (Lipinski definition) is 3. The van der Waals surface area contributed by atoms with Crippen LogP contribution in [0.3, 0.4) is 0 Å². The zero-order valence-corrected chi connectivity index (χ0v) is 7.87. The molecule has 0 atom stereocenters. The molecule has 1 rings (SSSR count). The molecule has 0 saturated heterocycles. The fourth-order valence-corrected chi connectivity index (χ4v) is 1.14. The van der Waals surface area contributed by atoms with Gasteiger partial charge in [0.25, 0.3) is 0 Å². The molecule has 0 aliphatic carbocycles. The molecule has 3 heteroatoms. The summed E-state index contributed by atoms with van der Waals surface area (Å²) in [6.07, 6.45) is 2.99. The molecule has 0 unspecified atom stereocenters. The molecule has 0 aromatic carbocycles. The first-order valence-corrected chi connectivity index (χ1v) is 4.20. The van der Waals surface area contributed by atoms with Crippen LogP contribution in [0.25, 0.3) is 0 Å². The Labute approximate surface area is 78.0 Å². The van der Waals surface area contributed by atoms with Crippen molar-refractivity contribution in [2.24, 2.45) is 0 Å². The topological polar surface area (TPSA) is 45.9 Å². The summed E-state index contributed by atoms with van der Waals surface area (Å²) < 4.78 is 5.17. The van der Waals surface area contributed by atoms with Gasteiger partial charge in [-0.15, -0.1) is 0 Å². The predicted octanol–water partition coefficient (Wildman–Crippen LogP) is 1.72. The Hall–Kier alpha value is -1.56. The Morgan fingerprint density at radius 3 is 2.92 bits per heavy atom. The maximum atomic E-state index is 8.48. The number of methoxy groups -OCH3 is 1. The van der Waals surface area contributed by atoms with Crippen LogP contribution in [0.5, 0.6) is 5.75 Å². The predicted molar refractivity (Wildman–Crippen MR) is 49.5 cm³/mol. The molecule has 68 valence electrons. The maximum absolute atomic E-state index is 8.48. The van der Waals surface area contributed by atoms with Crippen LogP contribution in [-0.2, 0) is 12.8 Å². The molecule has 1 aromatic rings. The average molecular weight is 176 g/mol. The molecule has 0 spiro atoms. The third kappa shape index (κ3) is 2.19. The number of aromatic nitrogens is 1. The van der Waals surface area contributed by atoms with Crippen molar-refractivity contribution < 1.29 is 4.74 Å². The van der Waals surface area contributed by atoms with Gasteiger partial charge in [-0.1, -0.05) is 6.92 Å². The van der Waals surface area contributed by atoms with E-state index in [1.165, 1.54) is 0 Å². The van der Waals surface area contributed by atoms with Gasteiger partial charge in [0, 0.05) is 17.8 Å². The van der Waals surface area contributed by atoms with Gasteiger partial charge in [0.15, 0.2) is 0 Å². The van der Waals surface area contributed by atoms with E-state index in [2.05, 4.69) is 11.1 Å². The van der Waals surface area contributed by atoms with Crippen molar-refractivity contribution in [2.45, 2.75) is 19.8 Å². The molecule has 3 nitrogen and oxygen atoms in total. The lowest BCUT2D eigenvalue weighted by Gasteiger charge is -2.06. The maximum Gasteiger partial charge on any atom is 0.125 e. The number of hydrogen-bond donors (Lipinski definition) is 0. The van der Waals surface area contributed by atoms with Gasteiger partial charge in [0.1, 0.15) is 5.75 Å². The summed E-state index contributed by atoms with van der Waals surface area (Å²) in [5, 5.41) is 8.48. The molecule has 0 fully saturated rings. The third-order valence-corrected chi connectivity index (χ3v) is 1.86. The molecule has 0 bridgehead atoms. The van der Waals surface area contributed by atoms with Crippen LogP contribution in [-0.4, -0.2) is 12.1 Å². The Morgan fingerprint density at radius 1 is 1.62 bits per heavy atom.